The molecule has 0 rings (SSSR count). The normalized spacial score (nSPS) is 14.0. The van der Waals surface area contributed by atoms with Gasteiger partial charge in [-0.2, -0.15) is 0 Å². The van der Waals surface area contributed by atoms with Gasteiger partial charge in [0.05, 0.1) is 6.10 Å². The SMILES string of the molecule is C=C(C)C(CCCCCCCCCCCC)O[Si](C)(C)C(C)(C)C. The molecular weight excluding hydrogens is 308 g/mol. The number of hydrogen-bond acceptors (Lipinski definition) is 1. The zero-order valence-corrected chi connectivity index (χ0v) is 19.0. The number of hydrogen-bond donors (Lipinski definition) is 0. The maximum Gasteiger partial charge on any atom is 0.192 e. The Morgan fingerprint density at radius 2 is 1.29 bits per heavy atom. The molecule has 0 N–H and O–H groups in total. The first-order chi connectivity index (χ1) is 11.1. The highest BCUT2D eigenvalue weighted by atomic mass is 28.4. The van der Waals surface area contributed by atoms with Gasteiger partial charge in [-0.15, -0.1) is 0 Å². The van der Waals surface area contributed by atoms with E-state index in [0.717, 1.165) is 6.42 Å². The van der Waals surface area contributed by atoms with Crippen molar-refractivity contribution in [2.24, 2.45) is 0 Å². The predicted molar refractivity (Wildman–Crippen MR) is 113 cm³/mol. The molecule has 0 amide bonds. The molecule has 0 bridgehead atoms. The maximum atomic E-state index is 6.59. The monoisotopic (exact) mass is 354 g/mol. The average molecular weight is 355 g/mol. The highest BCUT2D eigenvalue weighted by Gasteiger charge is 2.39. The number of unbranched alkanes of at least 4 members (excludes halogenated alkanes) is 9. The minimum atomic E-state index is -1.69. The van der Waals surface area contributed by atoms with Crippen molar-refractivity contribution in [3.8, 4) is 0 Å². The fraction of sp³-hybridized carbons (Fsp3) is 0.909. The molecular formula is C22H46OSi. The van der Waals surface area contributed by atoms with Crippen LogP contribution in [0.3, 0.4) is 0 Å². The highest BCUT2D eigenvalue weighted by Crippen LogP contribution is 2.38. The predicted octanol–water partition coefficient (Wildman–Crippen LogP) is 8.26. The average Bonchev–Trinajstić information content (AvgIpc) is 2.46. The van der Waals surface area contributed by atoms with Crippen LogP contribution in [0.2, 0.25) is 18.1 Å². The molecule has 0 aromatic rings. The Kier molecular flexibility index (Phi) is 12.3. The summed E-state index contributed by atoms with van der Waals surface area (Å²) in [6, 6.07) is 0. The smallest absolute Gasteiger partial charge is 0.192 e. The van der Waals surface area contributed by atoms with Gasteiger partial charge >= 0.3 is 0 Å². The van der Waals surface area contributed by atoms with Crippen LogP contribution in [0.5, 0.6) is 0 Å². The third-order valence-corrected chi connectivity index (χ3v) is 10.1. The molecule has 1 nitrogen and oxygen atoms in total. The van der Waals surface area contributed by atoms with E-state index in [0.29, 0.717) is 0 Å². The summed E-state index contributed by atoms with van der Waals surface area (Å²) in [7, 11) is -1.69. The van der Waals surface area contributed by atoms with E-state index in [9.17, 15) is 0 Å². The van der Waals surface area contributed by atoms with E-state index in [4.69, 9.17) is 4.43 Å². The van der Waals surface area contributed by atoms with Crippen LogP contribution in [0.4, 0.5) is 0 Å². The lowest BCUT2D eigenvalue weighted by molar-refractivity contribution is 0.200. The van der Waals surface area contributed by atoms with E-state index in [1.54, 1.807) is 0 Å². The molecule has 0 heterocycles. The first-order valence-electron chi connectivity index (χ1n) is 10.4. The molecule has 0 radical (unpaired) electrons. The molecule has 0 aliphatic heterocycles. The van der Waals surface area contributed by atoms with E-state index in [1.807, 2.05) is 0 Å². The summed E-state index contributed by atoms with van der Waals surface area (Å²) in [6.45, 7) is 20.2. The Labute approximate surface area is 154 Å². The first kappa shape index (κ1) is 23.9. The molecule has 0 fully saturated rings. The number of rotatable bonds is 14. The zero-order chi connectivity index (χ0) is 18.6. The van der Waals surface area contributed by atoms with Gasteiger partial charge in [-0.25, -0.2) is 0 Å². The second-order valence-corrected chi connectivity index (χ2v) is 13.9. The van der Waals surface area contributed by atoms with Gasteiger partial charge in [-0.05, 0) is 31.5 Å². The van der Waals surface area contributed by atoms with Crippen molar-refractivity contribution in [3.05, 3.63) is 12.2 Å². The molecule has 144 valence electrons. The quantitative estimate of drug-likeness (QED) is 0.173. The molecule has 0 aromatic heterocycles. The van der Waals surface area contributed by atoms with Gasteiger partial charge in [0.1, 0.15) is 0 Å². The third kappa shape index (κ3) is 10.7. The van der Waals surface area contributed by atoms with E-state index >= 15 is 0 Å². The van der Waals surface area contributed by atoms with E-state index in [1.165, 1.54) is 69.8 Å². The Balaban J connectivity index is 3.90. The largest absolute Gasteiger partial charge is 0.410 e. The van der Waals surface area contributed by atoms with Crippen LogP contribution in [0, 0.1) is 0 Å². The van der Waals surface area contributed by atoms with E-state index < -0.39 is 8.32 Å². The van der Waals surface area contributed by atoms with Crippen molar-refractivity contribution in [2.75, 3.05) is 0 Å². The van der Waals surface area contributed by atoms with Gasteiger partial charge < -0.3 is 4.43 Å². The molecule has 1 unspecified atom stereocenters. The van der Waals surface area contributed by atoms with Crippen LogP contribution in [0.15, 0.2) is 12.2 Å². The second-order valence-electron chi connectivity index (χ2n) is 9.18. The van der Waals surface area contributed by atoms with Gasteiger partial charge in [0.2, 0.25) is 0 Å². The van der Waals surface area contributed by atoms with Crippen LogP contribution in [-0.2, 0) is 4.43 Å². The standard InChI is InChI=1S/C22H46OSi/c1-9-10-11-12-13-14-15-16-17-18-19-21(20(2)3)23-24(7,8)22(4,5)6/h21H,2,9-19H2,1,3-8H3. The fourth-order valence-electron chi connectivity index (χ4n) is 2.76. The Hall–Kier alpha value is -0.0831. The molecule has 0 spiro atoms. The van der Waals surface area contributed by atoms with Crippen LogP contribution in [-0.4, -0.2) is 14.4 Å². The van der Waals surface area contributed by atoms with Gasteiger partial charge in [-0.1, -0.05) is 104 Å². The minimum Gasteiger partial charge on any atom is -0.410 e. The third-order valence-electron chi connectivity index (χ3n) is 5.61. The van der Waals surface area contributed by atoms with Gasteiger partial charge in [0, 0.05) is 0 Å². The summed E-state index contributed by atoms with van der Waals surface area (Å²) in [5.74, 6) is 0. The van der Waals surface area contributed by atoms with Crippen molar-refractivity contribution < 1.29 is 4.43 Å². The van der Waals surface area contributed by atoms with Crippen LogP contribution >= 0.6 is 0 Å². The maximum absolute atomic E-state index is 6.59. The minimum absolute atomic E-state index is 0.264. The van der Waals surface area contributed by atoms with Crippen LogP contribution in [0.25, 0.3) is 0 Å². The highest BCUT2D eigenvalue weighted by molar-refractivity contribution is 6.74. The first-order valence-corrected chi connectivity index (χ1v) is 13.4. The van der Waals surface area contributed by atoms with Gasteiger partial charge in [0.25, 0.3) is 0 Å². The van der Waals surface area contributed by atoms with Crippen LogP contribution in [0.1, 0.15) is 105 Å². The van der Waals surface area contributed by atoms with Crippen molar-refractivity contribution in [3.63, 3.8) is 0 Å². The lowest BCUT2D eigenvalue weighted by atomic mass is 10.0. The van der Waals surface area contributed by atoms with E-state index in [-0.39, 0.29) is 11.1 Å². The van der Waals surface area contributed by atoms with Gasteiger partial charge in [0.15, 0.2) is 8.32 Å². The van der Waals surface area contributed by atoms with E-state index in [2.05, 4.69) is 54.3 Å². The molecule has 0 aliphatic rings. The summed E-state index contributed by atoms with van der Waals surface area (Å²) in [5.41, 5.74) is 1.20. The molecule has 0 saturated carbocycles. The topological polar surface area (TPSA) is 9.23 Å². The molecule has 0 aliphatic carbocycles. The molecule has 24 heavy (non-hydrogen) atoms. The van der Waals surface area contributed by atoms with Crippen LogP contribution < -0.4 is 0 Å². The van der Waals surface area contributed by atoms with Crippen molar-refractivity contribution >= 4 is 8.32 Å². The summed E-state index contributed by atoms with van der Waals surface area (Å²) >= 11 is 0. The molecule has 0 aromatic carbocycles. The summed E-state index contributed by atoms with van der Waals surface area (Å²) < 4.78 is 6.59. The summed E-state index contributed by atoms with van der Waals surface area (Å²) in [4.78, 5) is 0. The van der Waals surface area contributed by atoms with Crippen molar-refractivity contribution in [1.29, 1.82) is 0 Å². The van der Waals surface area contributed by atoms with Crippen molar-refractivity contribution in [1.82, 2.24) is 0 Å². The lowest BCUT2D eigenvalue weighted by Crippen LogP contribution is -2.44. The second kappa shape index (κ2) is 12.3. The molecule has 0 saturated heterocycles. The Morgan fingerprint density at radius 1 is 0.875 bits per heavy atom. The molecule has 2 heteroatoms. The Bertz CT molecular complexity index is 327. The fourth-order valence-corrected chi connectivity index (χ4v) is 4.14. The van der Waals surface area contributed by atoms with Crippen molar-refractivity contribution in [2.45, 2.75) is 129 Å². The zero-order valence-electron chi connectivity index (χ0n) is 18.0. The summed E-state index contributed by atoms with van der Waals surface area (Å²) in [6.07, 6.45) is 15.3. The molecule has 1 atom stereocenters. The van der Waals surface area contributed by atoms with Gasteiger partial charge in [-0.3, -0.25) is 0 Å². The lowest BCUT2D eigenvalue weighted by Gasteiger charge is -2.39. The Morgan fingerprint density at radius 3 is 1.67 bits per heavy atom. The summed E-state index contributed by atoms with van der Waals surface area (Å²) in [5, 5.41) is 0.276.